The van der Waals surface area contributed by atoms with E-state index in [1.807, 2.05) is 60.7 Å². The van der Waals surface area contributed by atoms with Gasteiger partial charge in [0.2, 0.25) is 0 Å². The minimum Gasteiger partial charge on any atom is -0.493 e. The summed E-state index contributed by atoms with van der Waals surface area (Å²) in [5.41, 5.74) is 8.64. The van der Waals surface area contributed by atoms with E-state index in [1.54, 1.807) is 19.2 Å². The number of hydrogen-bond donors (Lipinski definition) is 1. The summed E-state index contributed by atoms with van der Waals surface area (Å²) in [7, 11) is 1.54. The Morgan fingerprint density at radius 1 is 0.789 bits per heavy atom. The third-order valence-corrected chi connectivity index (χ3v) is 12.1. The number of carbonyl (C=O) groups excluding carboxylic acids is 3. The zero-order valence-corrected chi connectivity index (χ0v) is 33.2. The topological polar surface area (TPSA) is 88.2 Å². The maximum atomic E-state index is 14.5. The number of fused-ring (bicyclic) bond motifs is 1. The number of urea groups is 1. The minimum absolute atomic E-state index is 0.0698. The largest absolute Gasteiger partial charge is 0.493 e. The fourth-order valence-electron chi connectivity index (χ4n) is 8.77. The van der Waals surface area contributed by atoms with E-state index in [0.29, 0.717) is 33.8 Å². The molecule has 0 unspecified atom stereocenters. The Balaban J connectivity index is 1.09. The van der Waals surface area contributed by atoms with Gasteiger partial charge in [-0.3, -0.25) is 14.9 Å². The highest BCUT2D eigenvalue weighted by Gasteiger charge is 2.40. The van der Waals surface area contributed by atoms with Gasteiger partial charge in [0.25, 0.3) is 11.8 Å². The number of barbiturate groups is 1. The maximum absolute atomic E-state index is 14.5. The molecule has 3 heterocycles. The van der Waals surface area contributed by atoms with E-state index < -0.39 is 17.8 Å². The van der Waals surface area contributed by atoms with Crippen molar-refractivity contribution in [2.45, 2.75) is 38.2 Å². The number of carbonyl (C=O) groups is 3. The van der Waals surface area contributed by atoms with Crippen LogP contribution in [0.3, 0.4) is 0 Å². The molecular weight excluding hydrogens is 778 g/mol. The molecule has 0 saturated carbocycles. The monoisotopic (exact) mass is 817 g/mol. The number of aryl methyl sites for hydroxylation is 1. The van der Waals surface area contributed by atoms with Crippen LogP contribution in [0.25, 0.3) is 16.8 Å². The highest BCUT2D eigenvalue weighted by molar-refractivity contribution is 9.10. The van der Waals surface area contributed by atoms with Gasteiger partial charge >= 0.3 is 6.03 Å². The van der Waals surface area contributed by atoms with E-state index in [4.69, 9.17) is 9.47 Å². The first kappa shape index (κ1) is 36.4. The average molecular weight is 819 g/mol. The number of imide groups is 2. The second kappa shape index (κ2) is 15.0. The minimum atomic E-state index is -0.781. The summed E-state index contributed by atoms with van der Waals surface area (Å²) in [6.45, 7) is 4.19. The lowest BCUT2D eigenvalue weighted by Gasteiger charge is -2.44. The zero-order valence-electron chi connectivity index (χ0n) is 31.6. The molecule has 8 nitrogen and oxygen atoms in total. The average Bonchev–Trinajstić information content (AvgIpc) is 3.23. The van der Waals surface area contributed by atoms with Gasteiger partial charge < -0.3 is 14.4 Å². The van der Waals surface area contributed by atoms with Crippen LogP contribution >= 0.6 is 15.9 Å². The Morgan fingerprint density at radius 3 is 2.07 bits per heavy atom. The van der Waals surface area contributed by atoms with E-state index in [1.165, 1.54) is 22.9 Å². The van der Waals surface area contributed by atoms with Crippen LogP contribution in [-0.2, 0) is 16.2 Å². The van der Waals surface area contributed by atoms with Crippen LogP contribution in [0.2, 0.25) is 0 Å². The number of methoxy groups -OCH3 is 1. The van der Waals surface area contributed by atoms with Crippen molar-refractivity contribution in [3.8, 4) is 11.5 Å². The summed E-state index contributed by atoms with van der Waals surface area (Å²) in [6, 6.07) is 39.8. The summed E-state index contributed by atoms with van der Waals surface area (Å²) >= 11 is 3.66. The number of benzene rings is 6. The Morgan fingerprint density at radius 2 is 1.42 bits per heavy atom. The first-order chi connectivity index (χ1) is 27.8. The standard InChI is InChI=1S/C48H40BrN3O5/c1-29-17-18-33-15-9-10-16-35(33)41(29)28-57-45-42(49)24-30(25-43(45)56-2)23-40-46(53)50-48(55)52(47(40)54)34-26-38-36(31-11-5-3-6-12-31)19-21-51-22-20-37(39(27-34)44(38)51)32-13-7-4-8-14-32/h3-18,23-27,36-37H,19-22,28H2,1-2H3,(H,50,53,55)/b40-23+/t36-,37-/m1/s1. The second-order valence-electron chi connectivity index (χ2n) is 14.8. The van der Waals surface area contributed by atoms with Gasteiger partial charge in [0.05, 0.1) is 17.3 Å². The molecule has 0 radical (unpaired) electrons. The van der Waals surface area contributed by atoms with E-state index in [2.05, 4.69) is 81.6 Å². The van der Waals surface area contributed by atoms with Crippen LogP contribution in [0.1, 0.15) is 63.6 Å². The lowest BCUT2D eigenvalue weighted by Crippen LogP contribution is -2.54. The zero-order chi connectivity index (χ0) is 39.2. The van der Waals surface area contributed by atoms with Gasteiger partial charge in [0, 0.05) is 36.2 Å². The van der Waals surface area contributed by atoms with Crippen molar-refractivity contribution in [2.75, 3.05) is 30.0 Å². The molecule has 57 heavy (non-hydrogen) atoms. The van der Waals surface area contributed by atoms with Crippen LogP contribution in [0, 0.1) is 6.92 Å². The summed E-state index contributed by atoms with van der Waals surface area (Å²) in [5.74, 6) is -0.420. The molecule has 1 saturated heterocycles. The van der Waals surface area contributed by atoms with Gasteiger partial charge in [-0.15, -0.1) is 0 Å². The van der Waals surface area contributed by atoms with Crippen LogP contribution in [0.15, 0.2) is 131 Å². The number of amides is 4. The van der Waals surface area contributed by atoms with Crippen LogP contribution in [0.4, 0.5) is 16.2 Å². The number of rotatable bonds is 8. The number of ether oxygens (including phenoxy) is 2. The smallest absolute Gasteiger partial charge is 0.335 e. The van der Waals surface area contributed by atoms with E-state index in [9.17, 15) is 14.4 Å². The van der Waals surface area contributed by atoms with Crippen molar-refractivity contribution < 1.29 is 23.9 Å². The predicted octanol–water partition coefficient (Wildman–Crippen LogP) is 10.0. The third kappa shape index (κ3) is 6.65. The molecule has 6 aromatic carbocycles. The Kier molecular flexibility index (Phi) is 9.62. The lowest BCUT2D eigenvalue weighted by molar-refractivity contribution is -0.122. The molecule has 6 aromatic rings. The van der Waals surface area contributed by atoms with Crippen molar-refractivity contribution in [3.05, 3.63) is 170 Å². The van der Waals surface area contributed by atoms with E-state index in [-0.39, 0.29) is 17.4 Å². The molecule has 9 heteroatoms. The molecule has 0 aliphatic carbocycles. The van der Waals surface area contributed by atoms with Gasteiger partial charge in [-0.05, 0) is 110 Å². The summed E-state index contributed by atoms with van der Waals surface area (Å²) in [5, 5.41) is 4.69. The van der Waals surface area contributed by atoms with E-state index in [0.717, 1.165) is 63.9 Å². The molecule has 1 fully saturated rings. The third-order valence-electron chi connectivity index (χ3n) is 11.6. The quantitative estimate of drug-likeness (QED) is 0.122. The molecule has 0 bridgehead atoms. The number of hydrogen-bond acceptors (Lipinski definition) is 6. The van der Waals surface area contributed by atoms with Gasteiger partial charge in [-0.1, -0.05) is 97.1 Å². The normalized spacial score (nSPS) is 18.4. The predicted molar refractivity (Wildman–Crippen MR) is 227 cm³/mol. The highest BCUT2D eigenvalue weighted by atomic mass is 79.9. The maximum Gasteiger partial charge on any atom is 0.335 e. The molecule has 284 valence electrons. The Bertz CT molecular complexity index is 2530. The second-order valence-corrected chi connectivity index (χ2v) is 15.7. The molecule has 4 amide bonds. The number of nitrogens with one attached hydrogen (secondary N) is 1. The number of nitrogens with zero attached hydrogens (tertiary/aromatic N) is 2. The van der Waals surface area contributed by atoms with Crippen LogP contribution in [0.5, 0.6) is 11.5 Å². The fourth-order valence-corrected chi connectivity index (χ4v) is 9.35. The Hall–Kier alpha value is -6.19. The molecular formula is C48H40BrN3O5. The van der Waals surface area contributed by atoms with Gasteiger partial charge in [-0.25, -0.2) is 9.69 Å². The van der Waals surface area contributed by atoms with E-state index >= 15 is 0 Å². The summed E-state index contributed by atoms with van der Waals surface area (Å²) in [6.07, 6.45) is 3.29. The van der Waals surface area contributed by atoms with Crippen molar-refractivity contribution in [1.29, 1.82) is 0 Å². The molecule has 9 rings (SSSR count). The van der Waals surface area contributed by atoms with Gasteiger partial charge in [0.15, 0.2) is 11.5 Å². The molecule has 3 aliphatic rings. The number of anilines is 2. The molecule has 2 atom stereocenters. The summed E-state index contributed by atoms with van der Waals surface area (Å²) in [4.78, 5) is 45.3. The molecule has 1 N–H and O–H groups in total. The summed E-state index contributed by atoms with van der Waals surface area (Å²) < 4.78 is 12.7. The first-order valence-electron chi connectivity index (χ1n) is 19.2. The van der Waals surface area contributed by atoms with Crippen molar-refractivity contribution in [2.24, 2.45) is 0 Å². The van der Waals surface area contributed by atoms with Crippen molar-refractivity contribution in [1.82, 2.24) is 5.32 Å². The highest BCUT2D eigenvalue weighted by Crippen LogP contribution is 2.50. The fraction of sp³-hybridized carbons (Fsp3) is 0.188. The number of halogens is 1. The van der Waals surface area contributed by atoms with Gasteiger partial charge in [0.1, 0.15) is 12.2 Å². The van der Waals surface area contributed by atoms with Crippen LogP contribution < -0.4 is 24.6 Å². The lowest BCUT2D eigenvalue weighted by atomic mass is 9.76. The van der Waals surface area contributed by atoms with Crippen molar-refractivity contribution >= 4 is 62.0 Å². The molecule has 0 aromatic heterocycles. The molecule has 0 spiro atoms. The molecule has 3 aliphatic heterocycles. The van der Waals surface area contributed by atoms with Crippen LogP contribution in [-0.4, -0.2) is 38.0 Å². The van der Waals surface area contributed by atoms with Gasteiger partial charge in [-0.2, -0.15) is 0 Å². The Labute approximate surface area is 339 Å². The SMILES string of the molecule is COc1cc(/C=C2\C(=O)NC(=O)N(c3cc4c5c(c3)[C@@H](c3ccccc3)CCN5CC[C@@H]4c3ccccc3)C2=O)cc(Br)c1OCc1c(C)ccc2ccccc12. The first-order valence-corrected chi connectivity index (χ1v) is 20.0. The van der Waals surface area contributed by atoms with Crippen molar-refractivity contribution in [3.63, 3.8) is 0 Å².